The highest BCUT2D eigenvalue weighted by Crippen LogP contribution is 2.23. The molecule has 0 aliphatic rings. The summed E-state index contributed by atoms with van der Waals surface area (Å²) in [5.74, 6) is 0.216. The summed E-state index contributed by atoms with van der Waals surface area (Å²) in [6, 6.07) is 11.8. The largest absolute Gasteiger partial charge is 0.305 e. The first-order valence-corrected chi connectivity index (χ1v) is 7.56. The van der Waals surface area contributed by atoms with Crippen LogP contribution in [0.1, 0.15) is 56.0 Å². The zero-order valence-corrected chi connectivity index (χ0v) is 12.9. The van der Waals surface area contributed by atoms with E-state index in [1.54, 1.807) is 6.07 Å². The van der Waals surface area contributed by atoms with Crippen LogP contribution in [-0.2, 0) is 0 Å². The van der Waals surface area contributed by atoms with Gasteiger partial charge in [-0.2, -0.15) is 0 Å². The molecule has 2 nitrogen and oxygen atoms in total. The molecule has 0 spiro atoms. The number of pyridine rings is 1. The molecule has 2 rings (SSSR count). The van der Waals surface area contributed by atoms with Crippen LogP contribution >= 0.6 is 0 Å². The fraction of sp³-hybridized carbons (Fsp3) is 0.389. The standard InChI is InChI=1S/C18H23FN2/c1-4-11-20-18(17-10-9-16(19)12-21-17)15-7-5-14(6-8-15)13(2)3/h5-10,12-13,18,20H,4,11H2,1-3H3. The number of aromatic nitrogens is 1. The van der Waals surface area contributed by atoms with Crippen molar-refractivity contribution in [3.63, 3.8) is 0 Å². The molecule has 1 aromatic heterocycles. The predicted molar refractivity (Wildman–Crippen MR) is 84.9 cm³/mol. The van der Waals surface area contributed by atoms with Gasteiger partial charge >= 0.3 is 0 Å². The molecule has 3 heteroatoms. The number of nitrogens with zero attached hydrogens (tertiary/aromatic N) is 1. The molecule has 2 aromatic rings. The summed E-state index contributed by atoms with van der Waals surface area (Å²) in [4.78, 5) is 4.23. The minimum absolute atomic E-state index is 0.00626. The molecule has 1 heterocycles. The molecule has 0 aliphatic carbocycles. The lowest BCUT2D eigenvalue weighted by Gasteiger charge is -2.19. The van der Waals surface area contributed by atoms with Gasteiger partial charge in [0.25, 0.3) is 0 Å². The van der Waals surface area contributed by atoms with Crippen LogP contribution in [0.15, 0.2) is 42.6 Å². The van der Waals surface area contributed by atoms with E-state index in [-0.39, 0.29) is 11.9 Å². The van der Waals surface area contributed by atoms with Crippen LogP contribution in [0.5, 0.6) is 0 Å². The van der Waals surface area contributed by atoms with Crippen LogP contribution in [0.2, 0.25) is 0 Å². The van der Waals surface area contributed by atoms with Gasteiger partial charge in [0, 0.05) is 0 Å². The van der Waals surface area contributed by atoms with E-state index in [9.17, 15) is 4.39 Å². The topological polar surface area (TPSA) is 24.9 Å². The zero-order chi connectivity index (χ0) is 15.2. The molecule has 21 heavy (non-hydrogen) atoms. The first-order chi connectivity index (χ1) is 10.1. The van der Waals surface area contributed by atoms with E-state index in [0.717, 1.165) is 24.2 Å². The average molecular weight is 286 g/mol. The second-order valence-electron chi connectivity index (χ2n) is 5.61. The maximum Gasteiger partial charge on any atom is 0.141 e. The van der Waals surface area contributed by atoms with Crippen LogP contribution in [0.3, 0.4) is 0 Å². The summed E-state index contributed by atoms with van der Waals surface area (Å²) in [5.41, 5.74) is 3.33. The van der Waals surface area contributed by atoms with E-state index < -0.39 is 0 Å². The van der Waals surface area contributed by atoms with Gasteiger partial charge in [-0.15, -0.1) is 0 Å². The first-order valence-electron chi connectivity index (χ1n) is 7.56. The molecule has 0 bridgehead atoms. The van der Waals surface area contributed by atoms with E-state index in [0.29, 0.717) is 5.92 Å². The van der Waals surface area contributed by atoms with Gasteiger partial charge in [-0.25, -0.2) is 4.39 Å². The smallest absolute Gasteiger partial charge is 0.141 e. The van der Waals surface area contributed by atoms with Crippen molar-refractivity contribution in [1.82, 2.24) is 10.3 Å². The molecule has 1 N–H and O–H groups in total. The summed E-state index contributed by atoms with van der Waals surface area (Å²) in [7, 11) is 0. The molecule has 0 aliphatic heterocycles. The maximum absolute atomic E-state index is 13.1. The minimum atomic E-state index is -0.303. The van der Waals surface area contributed by atoms with Gasteiger partial charge in [0.05, 0.1) is 17.9 Å². The van der Waals surface area contributed by atoms with E-state index in [4.69, 9.17) is 0 Å². The second-order valence-corrected chi connectivity index (χ2v) is 5.61. The summed E-state index contributed by atoms with van der Waals surface area (Å²) in [6.07, 6.45) is 2.32. The summed E-state index contributed by atoms with van der Waals surface area (Å²) < 4.78 is 13.1. The molecule has 112 valence electrons. The SMILES string of the molecule is CCCNC(c1ccc(C(C)C)cc1)c1ccc(F)cn1. The van der Waals surface area contributed by atoms with Crippen molar-refractivity contribution in [2.45, 2.75) is 39.2 Å². The molecular weight excluding hydrogens is 263 g/mol. The Labute approximate surface area is 126 Å². The van der Waals surface area contributed by atoms with Gasteiger partial charge in [0.1, 0.15) is 5.82 Å². The van der Waals surface area contributed by atoms with Crippen molar-refractivity contribution in [2.75, 3.05) is 6.54 Å². The van der Waals surface area contributed by atoms with Gasteiger partial charge in [0.15, 0.2) is 0 Å². The Morgan fingerprint density at radius 2 is 1.71 bits per heavy atom. The van der Waals surface area contributed by atoms with Crippen molar-refractivity contribution < 1.29 is 4.39 Å². The molecule has 1 aromatic carbocycles. The van der Waals surface area contributed by atoms with Gasteiger partial charge in [-0.1, -0.05) is 45.0 Å². The number of halogens is 1. The lowest BCUT2D eigenvalue weighted by atomic mass is 9.97. The number of rotatable bonds is 6. The monoisotopic (exact) mass is 286 g/mol. The van der Waals surface area contributed by atoms with E-state index in [2.05, 4.69) is 55.3 Å². The Balaban J connectivity index is 2.28. The molecule has 0 radical (unpaired) electrons. The Bertz CT molecular complexity index is 546. The third kappa shape index (κ3) is 4.11. The molecular formula is C18H23FN2. The normalized spacial score (nSPS) is 12.6. The Hall–Kier alpha value is -1.74. The van der Waals surface area contributed by atoms with Crippen molar-refractivity contribution >= 4 is 0 Å². The number of benzene rings is 1. The van der Waals surface area contributed by atoms with E-state index in [1.807, 2.05) is 0 Å². The van der Waals surface area contributed by atoms with Crippen LogP contribution in [0, 0.1) is 5.82 Å². The van der Waals surface area contributed by atoms with Crippen LogP contribution < -0.4 is 5.32 Å². The summed E-state index contributed by atoms with van der Waals surface area (Å²) >= 11 is 0. The Kier molecular flexibility index (Phi) is 5.45. The zero-order valence-electron chi connectivity index (χ0n) is 12.9. The maximum atomic E-state index is 13.1. The molecule has 1 unspecified atom stereocenters. The van der Waals surface area contributed by atoms with E-state index in [1.165, 1.54) is 17.8 Å². The first kappa shape index (κ1) is 15.6. The lowest BCUT2D eigenvalue weighted by Crippen LogP contribution is -2.24. The van der Waals surface area contributed by atoms with Crippen molar-refractivity contribution in [3.05, 3.63) is 65.2 Å². The molecule has 0 fully saturated rings. The highest BCUT2D eigenvalue weighted by molar-refractivity contribution is 5.31. The fourth-order valence-electron chi connectivity index (χ4n) is 2.31. The van der Waals surface area contributed by atoms with Crippen molar-refractivity contribution in [2.24, 2.45) is 0 Å². The molecule has 0 saturated heterocycles. The molecule has 1 atom stereocenters. The van der Waals surface area contributed by atoms with Gasteiger partial charge in [-0.05, 0) is 42.1 Å². The van der Waals surface area contributed by atoms with Crippen LogP contribution in [0.25, 0.3) is 0 Å². The summed E-state index contributed by atoms with van der Waals surface area (Å²) in [5, 5.41) is 3.49. The van der Waals surface area contributed by atoms with Crippen molar-refractivity contribution in [1.29, 1.82) is 0 Å². The predicted octanol–water partition coefficient (Wildman–Crippen LogP) is 4.43. The molecule has 0 amide bonds. The highest BCUT2D eigenvalue weighted by Gasteiger charge is 2.15. The summed E-state index contributed by atoms with van der Waals surface area (Å²) in [6.45, 7) is 7.40. The van der Waals surface area contributed by atoms with Crippen molar-refractivity contribution in [3.8, 4) is 0 Å². The van der Waals surface area contributed by atoms with Gasteiger partial charge in [-0.3, -0.25) is 4.98 Å². The molecule has 0 saturated carbocycles. The fourth-order valence-corrected chi connectivity index (χ4v) is 2.31. The van der Waals surface area contributed by atoms with E-state index >= 15 is 0 Å². The van der Waals surface area contributed by atoms with Crippen LogP contribution in [-0.4, -0.2) is 11.5 Å². The van der Waals surface area contributed by atoms with Crippen LogP contribution in [0.4, 0.5) is 4.39 Å². The number of hydrogen-bond donors (Lipinski definition) is 1. The Morgan fingerprint density at radius 1 is 1.05 bits per heavy atom. The third-order valence-electron chi connectivity index (χ3n) is 3.58. The Morgan fingerprint density at radius 3 is 2.24 bits per heavy atom. The highest BCUT2D eigenvalue weighted by atomic mass is 19.1. The lowest BCUT2D eigenvalue weighted by molar-refractivity contribution is 0.576. The van der Waals surface area contributed by atoms with Gasteiger partial charge in [0.2, 0.25) is 0 Å². The number of nitrogens with one attached hydrogen (secondary N) is 1. The minimum Gasteiger partial charge on any atom is -0.305 e. The third-order valence-corrected chi connectivity index (χ3v) is 3.58. The second kappa shape index (κ2) is 7.32. The number of hydrogen-bond acceptors (Lipinski definition) is 2. The van der Waals surface area contributed by atoms with Gasteiger partial charge < -0.3 is 5.32 Å². The average Bonchev–Trinajstić information content (AvgIpc) is 2.50. The quantitative estimate of drug-likeness (QED) is 0.849.